The Bertz CT molecular complexity index is 975. The van der Waals surface area contributed by atoms with E-state index in [0.29, 0.717) is 23.1 Å². The second-order valence-corrected chi connectivity index (χ2v) is 7.40. The molecule has 0 spiro atoms. The number of piperidine rings is 3. The minimum Gasteiger partial charge on any atom is -0.497 e. The number of hydrogen-bond acceptors (Lipinski definition) is 6. The third-order valence-electron chi connectivity index (χ3n) is 6.17. The molecule has 3 aliphatic heterocycles. The minimum atomic E-state index is -0.668. The molecule has 6 rings (SSSR count). The zero-order valence-electron chi connectivity index (χ0n) is 14.7. The summed E-state index contributed by atoms with van der Waals surface area (Å²) in [6.45, 7) is 5.95. The molecule has 26 heavy (non-hydrogen) atoms. The fourth-order valence-corrected chi connectivity index (χ4v) is 4.73. The summed E-state index contributed by atoms with van der Waals surface area (Å²) < 4.78 is 15.6. The van der Waals surface area contributed by atoms with Gasteiger partial charge in [-0.3, -0.25) is 14.1 Å². The summed E-state index contributed by atoms with van der Waals surface area (Å²) in [6.07, 6.45) is 3.53. The lowest BCUT2D eigenvalue weighted by Gasteiger charge is -2.50. The van der Waals surface area contributed by atoms with Crippen LogP contribution in [0.25, 0.3) is 22.2 Å². The number of nitrogens with zero attached hydrogens (tertiary/aromatic N) is 2. The molecule has 3 aromatic rings. The third kappa shape index (κ3) is 2.22. The standard InChI is InChI=1S/C20H22N2O4/c1-3-11-10-22-7-6-12(11)8-16(22)18(23)17-14-9-13(24-2)4-5-15(14)21-20-19(17)25-26-20/h3-5,9,11-12,16,18,23H,1,6-8,10H2,2H3/t11-,12?,16-,18-/m0/s1. The number of aliphatic hydroxyl groups is 1. The normalized spacial score (nSPS) is 29.3. The van der Waals surface area contributed by atoms with Crippen LogP contribution in [0.5, 0.6) is 5.75 Å². The van der Waals surface area contributed by atoms with E-state index in [2.05, 4.69) is 22.5 Å². The lowest BCUT2D eigenvalue weighted by atomic mass is 9.73. The zero-order chi connectivity index (χ0) is 17.8. The van der Waals surface area contributed by atoms with Gasteiger partial charge in [0.2, 0.25) is 0 Å². The Hall–Kier alpha value is -2.31. The van der Waals surface area contributed by atoms with E-state index >= 15 is 0 Å². The van der Waals surface area contributed by atoms with Gasteiger partial charge in [0.25, 0.3) is 5.58 Å². The average molecular weight is 354 g/mol. The molecule has 1 N–H and O–H groups in total. The van der Waals surface area contributed by atoms with Crippen LogP contribution in [-0.4, -0.2) is 41.2 Å². The Morgan fingerprint density at radius 2 is 2.31 bits per heavy atom. The number of aromatic nitrogens is 1. The topological polar surface area (TPSA) is 71.9 Å². The first-order chi connectivity index (χ1) is 12.7. The second kappa shape index (κ2) is 5.86. The van der Waals surface area contributed by atoms with Gasteiger partial charge in [0, 0.05) is 23.5 Å². The highest BCUT2D eigenvalue weighted by molar-refractivity contribution is 5.94. The molecule has 1 aromatic carbocycles. The number of rotatable bonds is 4. The van der Waals surface area contributed by atoms with Crippen LogP contribution in [0, 0.1) is 11.8 Å². The van der Waals surface area contributed by atoms with E-state index in [1.807, 2.05) is 18.2 Å². The molecule has 6 nitrogen and oxygen atoms in total. The molecule has 0 aliphatic carbocycles. The molecule has 5 atom stereocenters. The van der Waals surface area contributed by atoms with Crippen molar-refractivity contribution in [2.24, 2.45) is 11.8 Å². The molecule has 5 heterocycles. The van der Waals surface area contributed by atoms with Gasteiger partial charge in [0.05, 0.1) is 18.7 Å². The number of methoxy groups -OCH3 is 1. The van der Waals surface area contributed by atoms with E-state index in [4.69, 9.17) is 13.9 Å². The number of pyridine rings is 1. The smallest absolute Gasteiger partial charge is 0.318 e. The lowest BCUT2D eigenvalue weighted by Crippen LogP contribution is -2.54. The van der Waals surface area contributed by atoms with Gasteiger partial charge in [-0.1, -0.05) is 6.08 Å². The van der Waals surface area contributed by atoms with Crippen molar-refractivity contribution >= 4 is 22.2 Å². The molecule has 6 heteroatoms. The molecule has 3 aliphatic rings. The van der Waals surface area contributed by atoms with Gasteiger partial charge in [-0.2, -0.15) is 0 Å². The predicted molar refractivity (Wildman–Crippen MR) is 97.1 cm³/mol. The van der Waals surface area contributed by atoms with Gasteiger partial charge in [0.1, 0.15) is 5.75 Å². The molecule has 0 radical (unpaired) electrons. The first-order valence-corrected chi connectivity index (χ1v) is 9.10. The number of ether oxygens (including phenoxy) is 1. The fraction of sp³-hybridized carbons (Fsp3) is 0.450. The van der Waals surface area contributed by atoms with Gasteiger partial charge < -0.3 is 9.84 Å². The quantitative estimate of drug-likeness (QED) is 0.571. The first-order valence-electron chi connectivity index (χ1n) is 9.10. The number of aliphatic hydroxyl groups excluding tert-OH is 1. The van der Waals surface area contributed by atoms with Gasteiger partial charge in [-0.25, -0.2) is 4.98 Å². The highest BCUT2D eigenvalue weighted by Crippen LogP contribution is 2.44. The van der Waals surface area contributed by atoms with Crippen LogP contribution < -0.4 is 4.74 Å². The zero-order valence-corrected chi connectivity index (χ0v) is 14.7. The minimum absolute atomic E-state index is 0.0649. The summed E-state index contributed by atoms with van der Waals surface area (Å²) in [6, 6.07) is 5.72. The highest BCUT2D eigenvalue weighted by Gasteiger charge is 2.43. The number of fused-ring (bicyclic) bond motifs is 5. The summed E-state index contributed by atoms with van der Waals surface area (Å²) in [5, 5.41) is 12.2. The Labute approximate surface area is 151 Å². The number of hydrogen-bond donors (Lipinski definition) is 1. The molecule has 3 saturated heterocycles. The Morgan fingerprint density at radius 1 is 1.42 bits per heavy atom. The molecule has 2 aromatic heterocycles. The van der Waals surface area contributed by atoms with E-state index in [0.717, 1.165) is 41.7 Å². The molecule has 0 amide bonds. The van der Waals surface area contributed by atoms with Crippen LogP contribution in [0.3, 0.4) is 0 Å². The fourth-order valence-electron chi connectivity index (χ4n) is 4.73. The maximum absolute atomic E-state index is 11.4. The van der Waals surface area contributed by atoms with Crippen LogP contribution in [0.1, 0.15) is 24.5 Å². The Balaban J connectivity index is 1.60. The van der Waals surface area contributed by atoms with Crippen LogP contribution >= 0.6 is 0 Å². The monoisotopic (exact) mass is 354 g/mol. The molecule has 0 saturated carbocycles. The van der Waals surface area contributed by atoms with Crippen LogP contribution in [0.15, 0.2) is 40.0 Å². The SMILES string of the molecule is C=C[C@H]1CN2CCC1C[C@H]2[C@H](O)c1c2cc(OC)ccc2nc2ooc12. The molecular weight excluding hydrogens is 332 g/mol. The van der Waals surface area contributed by atoms with E-state index in [1.165, 1.54) is 6.42 Å². The summed E-state index contributed by atoms with van der Waals surface area (Å²) in [4.78, 5) is 6.84. The van der Waals surface area contributed by atoms with Crippen LogP contribution in [0.2, 0.25) is 0 Å². The van der Waals surface area contributed by atoms with E-state index in [9.17, 15) is 5.11 Å². The van der Waals surface area contributed by atoms with Crippen LogP contribution in [0.4, 0.5) is 0 Å². The maximum Gasteiger partial charge on any atom is 0.318 e. The van der Waals surface area contributed by atoms with Crippen molar-refractivity contribution in [3.63, 3.8) is 0 Å². The average Bonchev–Trinajstić information content (AvgIpc) is 2.68. The number of benzene rings is 1. The van der Waals surface area contributed by atoms with Gasteiger partial charge in [-0.15, -0.1) is 6.58 Å². The predicted octanol–water partition coefficient (Wildman–Crippen LogP) is 3.51. The first kappa shape index (κ1) is 15.9. The van der Waals surface area contributed by atoms with Crippen LogP contribution in [-0.2, 0) is 0 Å². The summed E-state index contributed by atoms with van der Waals surface area (Å²) in [7, 11) is 1.63. The largest absolute Gasteiger partial charge is 0.497 e. The molecule has 136 valence electrons. The van der Waals surface area contributed by atoms with Gasteiger partial charge in [-0.05, 0) is 49.4 Å². The third-order valence-corrected chi connectivity index (χ3v) is 6.17. The molecule has 2 bridgehead atoms. The van der Waals surface area contributed by atoms with Gasteiger partial charge >= 0.3 is 5.71 Å². The van der Waals surface area contributed by atoms with Crippen molar-refractivity contribution in [1.29, 1.82) is 0 Å². The van der Waals surface area contributed by atoms with E-state index in [1.54, 1.807) is 7.11 Å². The molecule has 2 unspecified atom stereocenters. The van der Waals surface area contributed by atoms with E-state index in [-0.39, 0.29) is 6.04 Å². The molecular formula is C20H22N2O4. The lowest BCUT2D eigenvalue weighted by molar-refractivity contribution is -0.0457. The summed E-state index contributed by atoms with van der Waals surface area (Å²) in [5.74, 6) is 1.83. The van der Waals surface area contributed by atoms with Gasteiger partial charge in [0.15, 0.2) is 0 Å². The van der Waals surface area contributed by atoms with Crippen molar-refractivity contribution in [1.82, 2.24) is 9.88 Å². The van der Waals surface area contributed by atoms with Crippen molar-refractivity contribution < 1.29 is 19.0 Å². The van der Waals surface area contributed by atoms with Crippen molar-refractivity contribution in [2.45, 2.75) is 25.0 Å². The second-order valence-electron chi connectivity index (χ2n) is 7.40. The summed E-state index contributed by atoms with van der Waals surface area (Å²) >= 11 is 0. The van der Waals surface area contributed by atoms with E-state index < -0.39 is 6.10 Å². The van der Waals surface area contributed by atoms with Crippen molar-refractivity contribution in [3.05, 3.63) is 36.4 Å². The maximum atomic E-state index is 11.4. The summed E-state index contributed by atoms with van der Waals surface area (Å²) in [5.41, 5.74) is 2.50. The Kier molecular flexibility index (Phi) is 3.58. The highest BCUT2D eigenvalue weighted by atomic mass is 17.0. The van der Waals surface area contributed by atoms with Crippen molar-refractivity contribution in [2.75, 3.05) is 20.2 Å². The Morgan fingerprint density at radius 3 is 2.96 bits per heavy atom. The van der Waals surface area contributed by atoms with Crippen molar-refractivity contribution in [3.8, 4) is 5.75 Å². The molecule has 3 fully saturated rings.